The fourth-order valence-corrected chi connectivity index (χ4v) is 1.62. The standard InChI is InChI=1S/C10H11NO2.C4H11N/c12-10(13)8-5-7-3-1-2-4-9(7)11-6-8;1-4(2,3)5/h1-4,8,11H,5-6H2,(H,12,13);5H2,1-3H3/t8-;/m0./s1. The Hall–Kier alpha value is -1.55. The number of hydrogen-bond donors (Lipinski definition) is 3. The highest BCUT2D eigenvalue weighted by Gasteiger charge is 2.23. The first-order valence-corrected chi connectivity index (χ1v) is 6.11. The van der Waals surface area contributed by atoms with Gasteiger partial charge in [0.05, 0.1) is 5.92 Å². The summed E-state index contributed by atoms with van der Waals surface area (Å²) in [7, 11) is 0. The van der Waals surface area contributed by atoms with E-state index >= 15 is 0 Å². The number of aliphatic carboxylic acids is 1. The Balaban J connectivity index is 0.000000280. The minimum atomic E-state index is -0.720. The molecule has 4 nitrogen and oxygen atoms in total. The minimum absolute atomic E-state index is 0. The molecule has 0 amide bonds. The van der Waals surface area contributed by atoms with Crippen LogP contribution < -0.4 is 11.1 Å². The van der Waals surface area contributed by atoms with Crippen molar-refractivity contribution in [3.05, 3.63) is 29.8 Å². The van der Waals surface area contributed by atoms with Gasteiger partial charge in [0, 0.05) is 17.8 Å². The molecule has 0 unspecified atom stereocenters. The smallest absolute Gasteiger partial charge is 0.308 e. The molecule has 0 aliphatic carbocycles. The van der Waals surface area contributed by atoms with Gasteiger partial charge in [0.25, 0.3) is 0 Å². The number of fused-ring (bicyclic) bond motifs is 1. The third-order valence-electron chi connectivity index (χ3n) is 2.37. The topological polar surface area (TPSA) is 75.4 Å². The van der Waals surface area contributed by atoms with Crippen LogP contribution in [0.3, 0.4) is 0 Å². The van der Waals surface area contributed by atoms with E-state index in [0.717, 1.165) is 11.3 Å². The van der Waals surface area contributed by atoms with Crippen molar-refractivity contribution in [3.63, 3.8) is 0 Å². The Bertz CT molecular complexity index is 405. The van der Waals surface area contributed by atoms with Crippen molar-refractivity contribution < 1.29 is 9.90 Å². The second kappa shape index (κ2) is 5.87. The zero-order valence-corrected chi connectivity index (χ0v) is 11.2. The van der Waals surface area contributed by atoms with Gasteiger partial charge in [-0.05, 0) is 38.8 Å². The molecule has 4 N–H and O–H groups in total. The molecule has 1 aliphatic heterocycles. The van der Waals surface area contributed by atoms with E-state index in [0.29, 0.717) is 13.0 Å². The number of para-hydroxylation sites is 1. The predicted octanol–water partition coefficient (Wildman–Crippen LogP) is 2.10. The second-order valence-electron chi connectivity index (χ2n) is 5.64. The zero-order valence-electron chi connectivity index (χ0n) is 11.2. The van der Waals surface area contributed by atoms with Crippen LogP contribution in [0, 0.1) is 5.92 Å². The van der Waals surface area contributed by atoms with Crippen LogP contribution in [-0.4, -0.2) is 23.2 Å². The highest BCUT2D eigenvalue weighted by atomic mass is 16.4. The summed E-state index contributed by atoms with van der Waals surface area (Å²) in [6.07, 6.45) is 0.637. The lowest BCUT2D eigenvalue weighted by Gasteiger charge is -2.22. The number of rotatable bonds is 1. The van der Waals surface area contributed by atoms with Crippen LogP contribution in [-0.2, 0) is 11.2 Å². The zero-order chi connectivity index (χ0) is 13.8. The summed E-state index contributed by atoms with van der Waals surface area (Å²) in [6.45, 7) is 6.43. The monoisotopic (exact) mass is 250 g/mol. The van der Waals surface area contributed by atoms with Gasteiger partial charge in [0.2, 0.25) is 0 Å². The van der Waals surface area contributed by atoms with Crippen molar-refractivity contribution in [2.45, 2.75) is 32.7 Å². The third-order valence-corrected chi connectivity index (χ3v) is 2.37. The fraction of sp³-hybridized carbons (Fsp3) is 0.500. The molecule has 0 spiro atoms. The van der Waals surface area contributed by atoms with Gasteiger partial charge in [0.1, 0.15) is 0 Å². The normalized spacial score (nSPS) is 17.9. The van der Waals surface area contributed by atoms with Crippen molar-refractivity contribution in [2.24, 2.45) is 11.7 Å². The maximum atomic E-state index is 10.7. The molecule has 2 rings (SSSR count). The highest BCUT2D eigenvalue weighted by Crippen LogP contribution is 2.23. The average Bonchev–Trinajstić information content (AvgIpc) is 2.26. The summed E-state index contributed by atoms with van der Waals surface area (Å²) in [5.41, 5.74) is 7.52. The molecular formula is C14H22N2O2. The van der Waals surface area contributed by atoms with Gasteiger partial charge in [-0.3, -0.25) is 4.79 Å². The summed E-state index contributed by atoms with van der Waals surface area (Å²) in [4.78, 5) is 10.7. The van der Waals surface area contributed by atoms with Crippen LogP contribution in [0.5, 0.6) is 0 Å². The average molecular weight is 250 g/mol. The number of hydrogen-bond acceptors (Lipinski definition) is 3. The number of carbonyl (C=O) groups is 1. The van der Waals surface area contributed by atoms with E-state index in [1.807, 2.05) is 45.0 Å². The molecule has 100 valence electrons. The summed E-state index contributed by atoms with van der Waals surface area (Å²) < 4.78 is 0. The van der Waals surface area contributed by atoms with Crippen molar-refractivity contribution in [3.8, 4) is 0 Å². The molecule has 1 aromatic carbocycles. The van der Waals surface area contributed by atoms with E-state index in [1.165, 1.54) is 0 Å². The number of nitrogens with two attached hydrogens (primary N) is 1. The molecule has 0 bridgehead atoms. The lowest BCUT2D eigenvalue weighted by atomic mass is 9.94. The molecule has 0 radical (unpaired) electrons. The van der Waals surface area contributed by atoms with Crippen molar-refractivity contribution >= 4 is 11.7 Å². The molecular weight excluding hydrogens is 228 g/mol. The molecule has 1 aliphatic rings. The minimum Gasteiger partial charge on any atom is -0.481 e. The Kier molecular flexibility index (Phi) is 4.73. The molecule has 0 fully saturated rings. The van der Waals surface area contributed by atoms with Crippen LogP contribution in [0.15, 0.2) is 24.3 Å². The number of carboxylic acids is 1. The molecule has 0 saturated carbocycles. The molecule has 1 heterocycles. The van der Waals surface area contributed by atoms with Gasteiger partial charge in [-0.2, -0.15) is 0 Å². The lowest BCUT2D eigenvalue weighted by Crippen LogP contribution is -2.29. The molecule has 1 aromatic rings. The van der Waals surface area contributed by atoms with Gasteiger partial charge in [-0.25, -0.2) is 0 Å². The van der Waals surface area contributed by atoms with Gasteiger partial charge in [-0.1, -0.05) is 18.2 Å². The van der Waals surface area contributed by atoms with Gasteiger partial charge >= 0.3 is 5.97 Å². The van der Waals surface area contributed by atoms with Crippen molar-refractivity contribution in [2.75, 3.05) is 11.9 Å². The summed E-state index contributed by atoms with van der Waals surface area (Å²) >= 11 is 0. The molecule has 18 heavy (non-hydrogen) atoms. The molecule has 0 saturated heterocycles. The van der Waals surface area contributed by atoms with Crippen LogP contribution in [0.1, 0.15) is 26.3 Å². The van der Waals surface area contributed by atoms with Gasteiger partial charge < -0.3 is 16.2 Å². The van der Waals surface area contributed by atoms with Gasteiger partial charge in [-0.15, -0.1) is 0 Å². The van der Waals surface area contributed by atoms with Crippen molar-refractivity contribution in [1.82, 2.24) is 0 Å². The third kappa shape index (κ3) is 5.19. The Morgan fingerprint density at radius 1 is 1.39 bits per heavy atom. The Morgan fingerprint density at radius 3 is 2.50 bits per heavy atom. The molecule has 0 aromatic heterocycles. The maximum absolute atomic E-state index is 10.7. The maximum Gasteiger partial charge on any atom is 0.308 e. The lowest BCUT2D eigenvalue weighted by molar-refractivity contribution is -0.141. The van der Waals surface area contributed by atoms with Crippen LogP contribution in [0.4, 0.5) is 5.69 Å². The largest absolute Gasteiger partial charge is 0.481 e. The SMILES string of the molecule is CC(C)(C)N.O=C(O)[C@@H]1CNc2ccccc2C1. The van der Waals surface area contributed by atoms with E-state index < -0.39 is 5.97 Å². The first-order valence-electron chi connectivity index (χ1n) is 6.11. The van der Waals surface area contributed by atoms with Crippen LogP contribution in [0.2, 0.25) is 0 Å². The first-order chi connectivity index (χ1) is 8.27. The summed E-state index contributed by atoms with van der Waals surface area (Å²) in [5.74, 6) is -1.00. The number of benzene rings is 1. The first kappa shape index (κ1) is 14.5. The predicted molar refractivity (Wildman–Crippen MR) is 73.7 cm³/mol. The summed E-state index contributed by atoms with van der Waals surface area (Å²) in [6, 6.07) is 7.84. The number of nitrogens with one attached hydrogen (secondary N) is 1. The molecule has 1 atom stereocenters. The number of carboxylic acid groups (broad SMARTS) is 1. The molecule has 4 heteroatoms. The second-order valence-corrected chi connectivity index (χ2v) is 5.64. The highest BCUT2D eigenvalue weighted by molar-refractivity contribution is 5.73. The Morgan fingerprint density at radius 2 is 1.94 bits per heavy atom. The van der Waals surface area contributed by atoms with Gasteiger partial charge in [0.15, 0.2) is 0 Å². The van der Waals surface area contributed by atoms with E-state index in [2.05, 4.69) is 5.32 Å². The van der Waals surface area contributed by atoms with Crippen LogP contribution in [0.25, 0.3) is 0 Å². The van der Waals surface area contributed by atoms with E-state index in [9.17, 15) is 4.79 Å². The fourth-order valence-electron chi connectivity index (χ4n) is 1.62. The van der Waals surface area contributed by atoms with Crippen molar-refractivity contribution in [1.29, 1.82) is 0 Å². The van der Waals surface area contributed by atoms with E-state index in [1.54, 1.807) is 0 Å². The van der Waals surface area contributed by atoms with E-state index in [-0.39, 0.29) is 11.5 Å². The van der Waals surface area contributed by atoms with E-state index in [4.69, 9.17) is 10.8 Å². The number of anilines is 1. The Labute approximate surface area is 108 Å². The summed E-state index contributed by atoms with van der Waals surface area (Å²) in [5, 5.41) is 11.9. The van der Waals surface area contributed by atoms with Crippen LogP contribution >= 0.6 is 0 Å². The quantitative estimate of drug-likeness (QED) is 0.713.